The Hall–Kier alpha value is -1.93. The number of carbonyl (C=O) groups is 2. The van der Waals surface area contributed by atoms with E-state index in [1.165, 1.54) is 38.1 Å². The number of hydrogen-bond donors (Lipinski definition) is 3. The van der Waals surface area contributed by atoms with Crippen molar-refractivity contribution in [1.82, 2.24) is 10.0 Å². The third-order valence-corrected chi connectivity index (χ3v) is 4.79. The number of nitrogens with one attached hydrogen (secondary N) is 3. The van der Waals surface area contributed by atoms with Crippen LogP contribution in [0, 0.1) is 5.92 Å². The van der Waals surface area contributed by atoms with Crippen molar-refractivity contribution in [2.75, 3.05) is 11.9 Å². The molecule has 1 aromatic carbocycles. The van der Waals surface area contributed by atoms with Crippen LogP contribution in [0.15, 0.2) is 29.2 Å². The number of rotatable bonds is 8. The molecule has 0 fully saturated rings. The fraction of sp³-hybridized carbons (Fsp3) is 0.500. The summed E-state index contributed by atoms with van der Waals surface area (Å²) in [4.78, 5) is 22.9. The minimum atomic E-state index is -3.81. The zero-order valence-corrected chi connectivity index (χ0v) is 15.2. The van der Waals surface area contributed by atoms with Crippen molar-refractivity contribution in [3.05, 3.63) is 24.3 Å². The van der Waals surface area contributed by atoms with Crippen LogP contribution in [0.5, 0.6) is 0 Å². The van der Waals surface area contributed by atoms with Crippen LogP contribution >= 0.6 is 0 Å². The summed E-state index contributed by atoms with van der Waals surface area (Å²) < 4.78 is 26.9. The molecule has 0 aromatic heterocycles. The van der Waals surface area contributed by atoms with Crippen molar-refractivity contribution < 1.29 is 18.0 Å². The van der Waals surface area contributed by atoms with Gasteiger partial charge in [0, 0.05) is 19.2 Å². The van der Waals surface area contributed by atoms with Crippen molar-refractivity contribution in [1.29, 1.82) is 0 Å². The predicted molar refractivity (Wildman–Crippen MR) is 93.0 cm³/mol. The Balaban J connectivity index is 2.67. The van der Waals surface area contributed by atoms with Crippen molar-refractivity contribution >= 4 is 27.5 Å². The Bertz CT molecular complexity index is 669. The van der Waals surface area contributed by atoms with Gasteiger partial charge in [-0.15, -0.1) is 0 Å². The number of anilines is 1. The molecule has 0 spiro atoms. The first kappa shape index (κ1) is 20.1. The summed E-state index contributed by atoms with van der Waals surface area (Å²) in [6.07, 6.45) is 0.829. The number of amides is 2. The average molecular weight is 355 g/mol. The Kier molecular flexibility index (Phi) is 7.37. The summed E-state index contributed by atoms with van der Waals surface area (Å²) in [5.41, 5.74) is 0.501. The van der Waals surface area contributed by atoms with Gasteiger partial charge in [0.25, 0.3) is 0 Å². The number of sulfonamides is 1. The molecule has 0 aliphatic carbocycles. The second-order valence-electron chi connectivity index (χ2n) is 6.02. The van der Waals surface area contributed by atoms with E-state index in [0.717, 1.165) is 6.42 Å². The topological polar surface area (TPSA) is 104 Å². The lowest BCUT2D eigenvalue weighted by atomic mass is 10.1. The molecule has 0 bridgehead atoms. The molecule has 8 heteroatoms. The molecule has 0 aliphatic heterocycles. The van der Waals surface area contributed by atoms with Crippen LogP contribution in [0.25, 0.3) is 0 Å². The Morgan fingerprint density at radius 2 is 1.67 bits per heavy atom. The molecule has 24 heavy (non-hydrogen) atoms. The second kappa shape index (κ2) is 8.79. The highest BCUT2D eigenvalue weighted by Crippen LogP contribution is 2.14. The SMILES string of the molecule is CC(=O)Nc1ccc(S(=O)(=O)N[C@@H](C)C(=O)NCCC(C)C)cc1. The van der Waals surface area contributed by atoms with Gasteiger partial charge in [-0.25, -0.2) is 8.42 Å². The van der Waals surface area contributed by atoms with Crippen LogP contribution in [-0.2, 0) is 19.6 Å². The van der Waals surface area contributed by atoms with Gasteiger partial charge in [0.15, 0.2) is 0 Å². The molecule has 0 aliphatic rings. The molecule has 0 radical (unpaired) electrons. The zero-order valence-electron chi connectivity index (χ0n) is 14.4. The van der Waals surface area contributed by atoms with E-state index in [1.807, 2.05) is 13.8 Å². The predicted octanol–water partition coefficient (Wildman–Crippen LogP) is 1.47. The lowest BCUT2D eigenvalue weighted by molar-refractivity contribution is -0.122. The second-order valence-corrected chi connectivity index (χ2v) is 7.74. The van der Waals surface area contributed by atoms with Gasteiger partial charge in [0.1, 0.15) is 0 Å². The average Bonchev–Trinajstić information content (AvgIpc) is 2.46. The first-order chi connectivity index (χ1) is 11.1. The summed E-state index contributed by atoms with van der Waals surface area (Å²) in [7, 11) is -3.81. The molecule has 0 saturated carbocycles. The van der Waals surface area contributed by atoms with Crippen molar-refractivity contribution in [3.63, 3.8) is 0 Å². The van der Waals surface area contributed by atoms with E-state index in [1.54, 1.807) is 0 Å². The van der Waals surface area contributed by atoms with Gasteiger partial charge in [-0.1, -0.05) is 13.8 Å². The molecule has 1 atom stereocenters. The summed E-state index contributed by atoms with van der Waals surface area (Å²) in [6.45, 7) is 7.46. The molecule has 0 saturated heterocycles. The third-order valence-electron chi connectivity index (χ3n) is 3.23. The minimum absolute atomic E-state index is 0.0263. The van der Waals surface area contributed by atoms with E-state index >= 15 is 0 Å². The van der Waals surface area contributed by atoms with Gasteiger partial charge in [0.2, 0.25) is 21.8 Å². The normalized spacial score (nSPS) is 12.7. The summed E-state index contributed by atoms with van der Waals surface area (Å²) in [5.74, 6) is -0.149. The van der Waals surface area contributed by atoms with Crippen LogP contribution in [0.1, 0.15) is 34.1 Å². The monoisotopic (exact) mass is 355 g/mol. The van der Waals surface area contributed by atoms with Gasteiger partial charge in [-0.05, 0) is 43.5 Å². The molecule has 2 amide bonds. The van der Waals surface area contributed by atoms with Crippen LogP contribution in [0.4, 0.5) is 5.69 Å². The van der Waals surface area contributed by atoms with Gasteiger partial charge < -0.3 is 10.6 Å². The summed E-state index contributed by atoms with van der Waals surface area (Å²) >= 11 is 0. The maximum Gasteiger partial charge on any atom is 0.241 e. The summed E-state index contributed by atoms with van der Waals surface area (Å²) in [6, 6.07) is 4.85. The Labute approximate surface area is 143 Å². The largest absolute Gasteiger partial charge is 0.355 e. The highest BCUT2D eigenvalue weighted by atomic mass is 32.2. The van der Waals surface area contributed by atoms with Gasteiger partial charge in [-0.2, -0.15) is 4.72 Å². The molecule has 7 nitrogen and oxygen atoms in total. The smallest absolute Gasteiger partial charge is 0.241 e. The fourth-order valence-corrected chi connectivity index (χ4v) is 3.12. The minimum Gasteiger partial charge on any atom is -0.355 e. The molecule has 3 N–H and O–H groups in total. The van der Waals surface area contributed by atoms with E-state index in [9.17, 15) is 18.0 Å². The number of carbonyl (C=O) groups excluding carboxylic acids is 2. The first-order valence-electron chi connectivity index (χ1n) is 7.79. The van der Waals surface area contributed by atoms with Gasteiger partial charge >= 0.3 is 0 Å². The van der Waals surface area contributed by atoms with Crippen molar-refractivity contribution in [2.24, 2.45) is 5.92 Å². The molecule has 0 unspecified atom stereocenters. The van der Waals surface area contributed by atoms with Crippen LogP contribution in [0.2, 0.25) is 0 Å². The molecule has 0 heterocycles. The standard InChI is InChI=1S/C16H25N3O4S/c1-11(2)9-10-17-16(21)12(3)19-24(22,23)15-7-5-14(6-8-15)18-13(4)20/h5-8,11-12,19H,9-10H2,1-4H3,(H,17,21)(H,18,20)/t12-/m0/s1. The maximum atomic E-state index is 12.3. The molecule has 1 aromatic rings. The van der Waals surface area contributed by atoms with E-state index in [4.69, 9.17) is 0 Å². The number of benzene rings is 1. The van der Waals surface area contributed by atoms with E-state index in [-0.39, 0.29) is 16.7 Å². The van der Waals surface area contributed by atoms with Gasteiger partial charge in [0.05, 0.1) is 10.9 Å². The zero-order chi connectivity index (χ0) is 18.3. The highest BCUT2D eigenvalue weighted by molar-refractivity contribution is 7.89. The lowest BCUT2D eigenvalue weighted by Crippen LogP contribution is -2.45. The van der Waals surface area contributed by atoms with Gasteiger partial charge in [-0.3, -0.25) is 9.59 Å². The number of hydrogen-bond acceptors (Lipinski definition) is 4. The van der Waals surface area contributed by atoms with Crippen molar-refractivity contribution in [2.45, 2.75) is 45.1 Å². The third kappa shape index (κ3) is 6.67. The maximum absolute atomic E-state index is 12.3. The Morgan fingerprint density at radius 3 is 2.17 bits per heavy atom. The van der Waals surface area contributed by atoms with E-state index < -0.39 is 16.1 Å². The van der Waals surface area contributed by atoms with Crippen LogP contribution < -0.4 is 15.4 Å². The Morgan fingerprint density at radius 1 is 1.08 bits per heavy atom. The highest BCUT2D eigenvalue weighted by Gasteiger charge is 2.21. The summed E-state index contributed by atoms with van der Waals surface area (Å²) in [5, 5.41) is 5.26. The van der Waals surface area contributed by atoms with E-state index in [0.29, 0.717) is 18.2 Å². The van der Waals surface area contributed by atoms with Crippen molar-refractivity contribution in [3.8, 4) is 0 Å². The molecule has 134 valence electrons. The first-order valence-corrected chi connectivity index (χ1v) is 9.28. The molecular formula is C16H25N3O4S. The van der Waals surface area contributed by atoms with E-state index in [2.05, 4.69) is 15.4 Å². The fourth-order valence-electron chi connectivity index (χ4n) is 1.91. The molecular weight excluding hydrogens is 330 g/mol. The quantitative estimate of drug-likeness (QED) is 0.657. The lowest BCUT2D eigenvalue weighted by Gasteiger charge is -2.15. The van der Waals surface area contributed by atoms with Crippen LogP contribution in [-0.4, -0.2) is 32.8 Å². The van der Waals surface area contributed by atoms with Crippen LogP contribution in [0.3, 0.4) is 0 Å². The molecule has 1 rings (SSSR count).